The van der Waals surface area contributed by atoms with E-state index in [-0.39, 0.29) is 11.8 Å². The molecule has 1 aliphatic rings. The molecule has 1 aliphatic carbocycles. The van der Waals surface area contributed by atoms with Crippen molar-refractivity contribution in [1.29, 1.82) is 0 Å². The Balaban J connectivity index is 1.71. The number of rotatable bonds is 5. The van der Waals surface area contributed by atoms with E-state index in [0.717, 1.165) is 11.4 Å². The molecule has 0 bridgehead atoms. The van der Waals surface area contributed by atoms with E-state index in [1.54, 1.807) is 11.9 Å². The largest absolute Gasteiger partial charge is 0.378 e. The van der Waals surface area contributed by atoms with Crippen molar-refractivity contribution < 1.29 is 9.59 Å². The van der Waals surface area contributed by atoms with Gasteiger partial charge in [0.2, 0.25) is 11.8 Å². The molecular formula is C20H23N3O2. The molecule has 25 heavy (non-hydrogen) atoms. The predicted octanol–water partition coefficient (Wildman–Crippen LogP) is 3.13. The summed E-state index contributed by atoms with van der Waals surface area (Å²) in [7, 11) is 5.65. The molecule has 0 spiro atoms. The van der Waals surface area contributed by atoms with Crippen LogP contribution in [0.3, 0.4) is 0 Å². The number of hydrogen-bond acceptors (Lipinski definition) is 3. The Morgan fingerprint density at radius 3 is 2.00 bits per heavy atom. The first-order valence-electron chi connectivity index (χ1n) is 8.36. The van der Waals surface area contributed by atoms with Gasteiger partial charge in [-0.2, -0.15) is 0 Å². The quantitative estimate of drug-likeness (QED) is 0.853. The third-order valence-corrected chi connectivity index (χ3v) is 4.68. The molecule has 1 N–H and O–H groups in total. The topological polar surface area (TPSA) is 52.7 Å². The molecule has 0 radical (unpaired) electrons. The van der Waals surface area contributed by atoms with E-state index in [2.05, 4.69) is 5.32 Å². The summed E-state index contributed by atoms with van der Waals surface area (Å²) in [5.41, 5.74) is 1.61. The maximum absolute atomic E-state index is 12.9. The third kappa shape index (κ3) is 3.36. The summed E-state index contributed by atoms with van der Waals surface area (Å²) in [6.07, 6.45) is 1.18. The average Bonchev–Trinajstić information content (AvgIpc) is 3.43. The van der Waals surface area contributed by atoms with Gasteiger partial charge in [0.15, 0.2) is 0 Å². The number of nitrogens with one attached hydrogen (secondary N) is 1. The highest BCUT2D eigenvalue weighted by Crippen LogP contribution is 2.48. The maximum Gasteiger partial charge on any atom is 0.242 e. The molecule has 2 aromatic rings. The zero-order chi connectivity index (χ0) is 18.0. The van der Waals surface area contributed by atoms with Gasteiger partial charge in [0, 0.05) is 38.2 Å². The minimum atomic E-state index is -0.940. The highest BCUT2D eigenvalue weighted by molar-refractivity contribution is 6.17. The number of nitrogens with zero attached hydrogens (tertiary/aromatic N) is 2. The smallest absolute Gasteiger partial charge is 0.242 e. The molecular weight excluding hydrogens is 314 g/mol. The first-order valence-corrected chi connectivity index (χ1v) is 8.36. The van der Waals surface area contributed by atoms with Crippen molar-refractivity contribution in [2.45, 2.75) is 12.8 Å². The average molecular weight is 337 g/mol. The van der Waals surface area contributed by atoms with E-state index in [1.807, 2.05) is 73.6 Å². The number of carbonyl (C=O) groups is 2. The Labute approximate surface area is 148 Å². The van der Waals surface area contributed by atoms with Gasteiger partial charge in [0.25, 0.3) is 0 Å². The summed E-state index contributed by atoms with van der Waals surface area (Å²) in [5.74, 6) is -0.376. The van der Waals surface area contributed by atoms with Crippen LogP contribution in [0.5, 0.6) is 0 Å². The van der Waals surface area contributed by atoms with Crippen LogP contribution in [-0.4, -0.2) is 33.0 Å². The minimum Gasteiger partial charge on any atom is -0.378 e. The molecule has 0 aliphatic heterocycles. The van der Waals surface area contributed by atoms with Crippen LogP contribution in [0.4, 0.5) is 17.1 Å². The SMILES string of the molecule is CN(C)c1ccc(NC(=O)C2(C(=O)N(C)c3ccccc3)CC2)cc1. The zero-order valence-electron chi connectivity index (χ0n) is 14.8. The lowest BCUT2D eigenvalue weighted by Crippen LogP contribution is -2.41. The molecule has 0 saturated heterocycles. The summed E-state index contributed by atoms with van der Waals surface area (Å²) >= 11 is 0. The number of hydrogen-bond donors (Lipinski definition) is 1. The van der Waals surface area contributed by atoms with Crippen molar-refractivity contribution in [3.8, 4) is 0 Å². The van der Waals surface area contributed by atoms with Crippen LogP contribution in [0.2, 0.25) is 0 Å². The van der Waals surface area contributed by atoms with Gasteiger partial charge in [-0.25, -0.2) is 0 Å². The summed E-state index contributed by atoms with van der Waals surface area (Å²) in [6.45, 7) is 0. The highest BCUT2D eigenvalue weighted by atomic mass is 16.2. The second kappa shape index (κ2) is 6.59. The minimum absolute atomic E-state index is 0.152. The van der Waals surface area contributed by atoms with Crippen LogP contribution in [0.25, 0.3) is 0 Å². The van der Waals surface area contributed by atoms with Crippen LogP contribution in [-0.2, 0) is 9.59 Å². The molecule has 3 rings (SSSR count). The number of benzene rings is 2. The second-order valence-corrected chi connectivity index (χ2v) is 6.68. The molecule has 1 saturated carbocycles. The molecule has 5 heteroatoms. The molecule has 1 fully saturated rings. The molecule has 130 valence electrons. The summed E-state index contributed by atoms with van der Waals surface area (Å²) in [4.78, 5) is 29.1. The van der Waals surface area contributed by atoms with E-state index in [4.69, 9.17) is 0 Å². The van der Waals surface area contributed by atoms with Crippen molar-refractivity contribution in [2.24, 2.45) is 5.41 Å². The number of amides is 2. The molecule has 0 unspecified atom stereocenters. The van der Waals surface area contributed by atoms with Gasteiger partial charge >= 0.3 is 0 Å². The molecule has 0 atom stereocenters. The second-order valence-electron chi connectivity index (χ2n) is 6.68. The lowest BCUT2D eigenvalue weighted by molar-refractivity contribution is -0.132. The van der Waals surface area contributed by atoms with E-state index < -0.39 is 5.41 Å². The van der Waals surface area contributed by atoms with Gasteiger partial charge in [0.1, 0.15) is 5.41 Å². The van der Waals surface area contributed by atoms with Crippen LogP contribution in [0, 0.1) is 5.41 Å². The molecule has 2 amide bonds. The number of para-hydroxylation sites is 1. The first-order chi connectivity index (χ1) is 11.9. The van der Waals surface area contributed by atoms with Crippen LogP contribution in [0.1, 0.15) is 12.8 Å². The van der Waals surface area contributed by atoms with E-state index in [1.165, 1.54) is 0 Å². The Hall–Kier alpha value is -2.82. The summed E-state index contributed by atoms with van der Waals surface area (Å²) < 4.78 is 0. The molecule has 5 nitrogen and oxygen atoms in total. The summed E-state index contributed by atoms with van der Waals surface area (Å²) in [5, 5.41) is 2.89. The van der Waals surface area contributed by atoms with Gasteiger partial charge in [-0.1, -0.05) is 18.2 Å². The Morgan fingerprint density at radius 2 is 1.48 bits per heavy atom. The van der Waals surface area contributed by atoms with Gasteiger partial charge in [-0.15, -0.1) is 0 Å². The van der Waals surface area contributed by atoms with Crippen molar-refractivity contribution in [2.75, 3.05) is 36.3 Å². The summed E-state index contributed by atoms with van der Waals surface area (Å²) in [6, 6.07) is 17.0. The van der Waals surface area contributed by atoms with Gasteiger partial charge in [-0.05, 0) is 49.2 Å². The Kier molecular flexibility index (Phi) is 4.49. The van der Waals surface area contributed by atoms with Gasteiger partial charge < -0.3 is 15.1 Å². The molecule has 2 aromatic carbocycles. The van der Waals surface area contributed by atoms with E-state index in [9.17, 15) is 9.59 Å². The molecule has 0 heterocycles. The fourth-order valence-electron chi connectivity index (χ4n) is 2.85. The van der Waals surface area contributed by atoms with E-state index >= 15 is 0 Å². The highest BCUT2D eigenvalue weighted by Gasteiger charge is 2.57. The van der Waals surface area contributed by atoms with Crippen LogP contribution in [0.15, 0.2) is 54.6 Å². The molecule has 0 aromatic heterocycles. The standard InChI is InChI=1S/C20H23N3O2/c1-22(2)16-11-9-15(10-12-16)21-18(24)20(13-14-20)19(25)23(3)17-7-5-4-6-8-17/h4-12H,13-14H2,1-3H3,(H,21,24). The fraction of sp³-hybridized carbons (Fsp3) is 0.300. The van der Waals surface area contributed by atoms with Crippen molar-refractivity contribution in [1.82, 2.24) is 0 Å². The van der Waals surface area contributed by atoms with Gasteiger partial charge in [-0.3, -0.25) is 9.59 Å². The maximum atomic E-state index is 12.9. The zero-order valence-corrected chi connectivity index (χ0v) is 14.8. The van der Waals surface area contributed by atoms with E-state index in [0.29, 0.717) is 18.5 Å². The van der Waals surface area contributed by atoms with Gasteiger partial charge in [0.05, 0.1) is 0 Å². The lowest BCUT2D eigenvalue weighted by Gasteiger charge is -2.23. The Morgan fingerprint density at radius 1 is 0.880 bits per heavy atom. The van der Waals surface area contributed by atoms with Crippen LogP contribution < -0.4 is 15.1 Å². The monoisotopic (exact) mass is 337 g/mol. The van der Waals surface area contributed by atoms with Crippen molar-refractivity contribution >= 4 is 28.9 Å². The van der Waals surface area contributed by atoms with Crippen molar-refractivity contribution in [3.63, 3.8) is 0 Å². The van der Waals surface area contributed by atoms with Crippen LogP contribution >= 0.6 is 0 Å². The predicted molar refractivity (Wildman–Crippen MR) is 101 cm³/mol. The lowest BCUT2D eigenvalue weighted by atomic mass is 10.0. The third-order valence-electron chi connectivity index (χ3n) is 4.68. The fourth-order valence-corrected chi connectivity index (χ4v) is 2.85. The normalized spacial score (nSPS) is 14.5. The number of anilines is 3. The van der Waals surface area contributed by atoms with Crippen molar-refractivity contribution in [3.05, 3.63) is 54.6 Å². The first kappa shape index (κ1) is 17.0. The number of carbonyl (C=O) groups excluding carboxylic acids is 2. The Bertz CT molecular complexity index is 765.